The van der Waals surface area contributed by atoms with Crippen LogP contribution < -0.4 is 0 Å². The van der Waals surface area contributed by atoms with Gasteiger partial charge in [0.25, 0.3) is 0 Å². The molecule has 0 aromatic rings. The molecule has 0 aliphatic carbocycles. The van der Waals surface area contributed by atoms with Crippen LogP contribution in [0.25, 0.3) is 0 Å². The van der Waals surface area contributed by atoms with Crippen molar-refractivity contribution in [3.05, 3.63) is 0 Å². The summed E-state index contributed by atoms with van der Waals surface area (Å²) in [5, 5.41) is 19.1. The van der Waals surface area contributed by atoms with E-state index in [1.807, 2.05) is 6.92 Å². The topological polar surface area (TPSA) is 52.9 Å². The first-order valence-electron chi connectivity index (χ1n) is 6.39. The average Bonchev–Trinajstić information content (AvgIpc) is 2.23. The lowest BCUT2D eigenvalue weighted by Gasteiger charge is -2.37. The summed E-state index contributed by atoms with van der Waals surface area (Å²) in [5.41, 5.74) is 0. The first-order chi connectivity index (χ1) is 8.01. The van der Waals surface area contributed by atoms with Crippen molar-refractivity contribution in [2.45, 2.75) is 58.0 Å². The average molecular weight is 296 g/mol. The normalized spacial score (nSPS) is 17.0. The molecule has 2 unspecified atom stereocenters. The summed E-state index contributed by atoms with van der Waals surface area (Å²) in [4.78, 5) is 0. The molecule has 0 aromatic carbocycles. The van der Waals surface area contributed by atoms with Crippen LogP contribution in [0.2, 0.25) is 18.1 Å². The van der Waals surface area contributed by atoms with Crippen molar-refractivity contribution in [1.82, 2.24) is 4.31 Å². The van der Waals surface area contributed by atoms with E-state index in [1.54, 1.807) is 4.31 Å². The Kier molecular flexibility index (Phi) is 7.42. The zero-order valence-corrected chi connectivity index (χ0v) is 14.4. The lowest BCUT2D eigenvalue weighted by molar-refractivity contribution is 0.0735. The summed E-state index contributed by atoms with van der Waals surface area (Å²) < 4.78 is 7.57. The number of rotatable bonds is 7. The van der Waals surface area contributed by atoms with Gasteiger partial charge in [0.2, 0.25) is 0 Å². The molecule has 0 aliphatic heterocycles. The van der Waals surface area contributed by atoms with Crippen molar-refractivity contribution in [2.75, 3.05) is 19.8 Å². The van der Waals surface area contributed by atoms with Gasteiger partial charge in [0.15, 0.2) is 8.32 Å². The number of hydrogen-bond donors (Lipinski definition) is 3. The van der Waals surface area contributed by atoms with Crippen LogP contribution in [0.5, 0.6) is 0 Å². The number of aliphatic hydroxyl groups is 2. The molecule has 6 heteroatoms. The van der Waals surface area contributed by atoms with Crippen LogP contribution in [0.4, 0.5) is 0 Å². The van der Waals surface area contributed by atoms with Gasteiger partial charge in [-0.1, -0.05) is 33.6 Å². The third-order valence-electron chi connectivity index (χ3n) is 3.61. The van der Waals surface area contributed by atoms with E-state index in [-0.39, 0.29) is 17.7 Å². The molecule has 18 heavy (non-hydrogen) atoms. The van der Waals surface area contributed by atoms with E-state index in [0.717, 1.165) is 0 Å². The van der Waals surface area contributed by atoms with Gasteiger partial charge in [-0.25, -0.2) is 4.31 Å². The molecule has 0 bridgehead atoms. The van der Waals surface area contributed by atoms with Crippen LogP contribution in [0, 0.1) is 0 Å². The number of hydrogen-bond acceptors (Lipinski definition) is 5. The van der Waals surface area contributed by atoms with E-state index >= 15 is 0 Å². The highest BCUT2D eigenvalue weighted by molar-refractivity contribution is 7.77. The van der Waals surface area contributed by atoms with Crippen LogP contribution >= 0.6 is 12.8 Å². The lowest BCUT2D eigenvalue weighted by atomic mass is 10.2. The SMILES string of the molecule is CC(CO)N(S)CC(O)CO[Si](C)(C)C(C)(C)C. The highest BCUT2D eigenvalue weighted by Crippen LogP contribution is 2.36. The fourth-order valence-electron chi connectivity index (χ4n) is 1.06. The molecule has 0 fully saturated rings. The summed E-state index contributed by atoms with van der Waals surface area (Å²) in [6.45, 7) is 13.4. The van der Waals surface area contributed by atoms with Gasteiger partial charge in [-0.05, 0) is 25.1 Å². The fraction of sp³-hybridized carbons (Fsp3) is 1.00. The second-order valence-corrected chi connectivity index (χ2v) is 11.7. The molecule has 0 amide bonds. The lowest BCUT2D eigenvalue weighted by Crippen LogP contribution is -2.44. The number of nitrogens with zero attached hydrogens (tertiary/aromatic N) is 1. The molecular weight excluding hydrogens is 266 g/mol. The molecule has 0 aromatic heterocycles. The van der Waals surface area contributed by atoms with E-state index in [0.29, 0.717) is 13.2 Å². The summed E-state index contributed by atoms with van der Waals surface area (Å²) >= 11 is 4.24. The molecule has 0 spiro atoms. The van der Waals surface area contributed by atoms with Gasteiger partial charge in [-0.2, -0.15) is 0 Å². The quantitative estimate of drug-likeness (QED) is 0.496. The number of thiol groups is 1. The first-order valence-corrected chi connectivity index (χ1v) is 9.70. The Bertz CT molecular complexity index is 246. The summed E-state index contributed by atoms with van der Waals surface area (Å²) in [6.07, 6.45) is -0.578. The summed E-state index contributed by atoms with van der Waals surface area (Å²) in [5.74, 6) is 0. The molecule has 4 nitrogen and oxygen atoms in total. The van der Waals surface area contributed by atoms with Crippen molar-refractivity contribution in [3.63, 3.8) is 0 Å². The Morgan fingerprint density at radius 2 is 1.83 bits per heavy atom. The van der Waals surface area contributed by atoms with Crippen molar-refractivity contribution >= 4 is 21.1 Å². The van der Waals surface area contributed by atoms with Crippen molar-refractivity contribution in [3.8, 4) is 0 Å². The maximum atomic E-state index is 9.92. The van der Waals surface area contributed by atoms with Gasteiger partial charge in [0.1, 0.15) is 0 Å². The molecule has 0 saturated carbocycles. The third kappa shape index (κ3) is 6.03. The summed E-state index contributed by atoms with van der Waals surface area (Å²) in [6, 6.07) is -0.0733. The maximum absolute atomic E-state index is 9.92. The molecule has 0 radical (unpaired) electrons. The molecule has 2 N–H and O–H groups in total. The Morgan fingerprint density at radius 1 is 1.33 bits per heavy atom. The zero-order valence-electron chi connectivity index (χ0n) is 12.5. The predicted molar refractivity (Wildman–Crippen MR) is 81.4 cm³/mol. The molecule has 110 valence electrons. The highest BCUT2D eigenvalue weighted by Gasteiger charge is 2.37. The van der Waals surface area contributed by atoms with Gasteiger partial charge in [-0.15, -0.1) is 0 Å². The van der Waals surface area contributed by atoms with Crippen molar-refractivity contribution in [1.29, 1.82) is 0 Å². The minimum atomic E-state index is -1.81. The third-order valence-corrected chi connectivity index (χ3v) is 8.67. The molecule has 2 atom stereocenters. The monoisotopic (exact) mass is 295 g/mol. The van der Waals surface area contributed by atoms with E-state index in [1.165, 1.54) is 0 Å². The minimum absolute atomic E-state index is 0.0271. The molecule has 0 aliphatic rings. The Morgan fingerprint density at radius 3 is 2.22 bits per heavy atom. The largest absolute Gasteiger partial charge is 0.414 e. The Balaban J connectivity index is 4.15. The second-order valence-electron chi connectivity index (χ2n) is 6.38. The smallest absolute Gasteiger partial charge is 0.192 e. The van der Waals surface area contributed by atoms with Crippen LogP contribution in [0.1, 0.15) is 27.7 Å². The minimum Gasteiger partial charge on any atom is -0.414 e. The van der Waals surface area contributed by atoms with E-state index in [2.05, 4.69) is 46.7 Å². The van der Waals surface area contributed by atoms with Crippen LogP contribution in [0.15, 0.2) is 0 Å². The Labute approximate surface area is 118 Å². The number of aliphatic hydroxyl groups excluding tert-OH is 2. The zero-order chi connectivity index (χ0) is 14.6. The van der Waals surface area contributed by atoms with Gasteiger partial charge in [0, 0.05) is 12.6 Å². The van der Waals surface area contributed by atoms with Crippen LogP contribution in [-0.4, -0.2) is 54.7 Å². The fourth-order valence-corrected chi connectivity index (χ4v) is 2.37. The predicted octanol–water partition coefficient (Wildman–Crippen LogP) is 1.90. The first kappa shape index (κ1) is 18.4. The Hall–Kier alpha value is 0.407. The van der Waals surface area contributed by atoms with Gasteiger partial charge in [-0.3, -0.25) is 0 Å². The molecule has 0 rings (SSSR count). The standard InChI is InChI=1S/C12H29NO3SSi/c1-10(8-14)13(17)7-11(15)9-16-18(5,6)12(2,3)4/h10-11,14-15,17H,7-9H2,1-6H3. The summed E-state index contributed by atoms with van der Waals surface area (Å²) in [7, 11) is -1.81. The van der Waals surface area contributed by atoms with Crippen LogP contribution in [-0.2, 0) is 4.43 Å². The molecule has 0 saturated heterocycles. The van der Waals surface area contributed by atoms with Gasteiger partial charge in [0.05, 0.1) is 19.3 Å². The molecular formula is C12H29NO3SSi. The second kappa shape index (κ2) is 7.26. The van der Waals surface area contributed by atoms with Gasteiger partial charge >= 0.3 is 0 Å². The van der Waals surface area contributed by atoms with Gasteiger partial charge < -0.3 is 14.6 Å². The van der Waals surface area contributed by atoms with Crippen molar-refractivity contribution < 1.29 is 14.6 Å². The van der Waals surface area contributed by atoms with E-state index in [9.17, 15) is 5.11 Å². The highest BCUT2D eigenvalue weighted by atomic mass is 32.1. The van der Waals surface area contributed by atoms with Crippen LogP contribution in [0.3, 0.4) is 0 Å². The van der Waals surface area contributed by atoms with Crippen molar-refractivity contribution in [2.24, 2.45) is 0 Å². The van der Waals surface area contributed by atoms with E-state index < -0.39 is 14.4 Å². The maximum Gasteiger partial charge on any atom is 0.192 e. The molecule has 0 heterocycles. The van der Waals surface area contributed by atoms with E-state index in [4.69, 9.17) is 9.53 Å².